The molecule has 2 amide bonds. The Morgan fingerprint density at radius 3 is 2.64 bits per heavy atom. The largest absolute Gasteiger partial charge is 0.394 e. The number of rotatable bonds is 3. The molecule has 0 unspecified atom stereocenters. The van der Waals surface area contributed by atoms with E-state index in [2.05, 4.69) is 10.6 Å². The molecule has 0 saturated carbocycles. The predicted octanol–water partition coefficient (Wildman–Crippen LogP) is -3.02. The van der Waals surface area contributed by atoms with Crippen molar-refractivity contribution < 1.29 is 14.7 Å². The van der Waals surface area contributed by atoms with Gasteiger partial charge in [-0.2, -0.15) is 0 Å². The molecule has 3 saturated heterocycles. The Kier molecular flexibility index (Phi) is 4.60. The minimum Gasteiger partial charge on any atom is -0.394 e. The number of hydrogen-bond donors (Lipinski definition) is 4. The monoisotopic (exact) mass is 329 g/mol. The van der Waals surface area contributed by atoms with Crippen LogP contribution in [0.25, 0.3) is 0 Å². The molecule has 3 aliphatic heterocycles. The number of amides is 2. The molecule has 124 valence electrons. The van der Waals surface area contributed by atoms with Crippen molar-refractivity contribution in [3.63, 3.8) is 0 Å². The van der Waals surface area contributed by atoms with Crippen LogP contribution in [0.2, 0.25) is 0 Å². The SMILES string of the molecule is N[C@@H](CO)C(=O)N1CC2(C1)N[C@H](C(=O)N1CCNCC1)CS2. The number of piperazine rings is 1. The molecule has 22 heavy (non-hydrogen) atoms. The lowest BCUT2D eigenvalue weighted by Crippen LogP contribution is -2.70. The second-order valence-electron chi connectivity index (χ2n) is 6.06. The van der Waals surface area contributed by atoms with E-state index in [1.54, 1.807) is 16.7 Å². The number of carbonyl (C=O) groups is 2. The van der Waals surface area contributed by atoms with Crippen molar-refractivity contribution in [1.29, 1.82) is 0 Å². The second kappa shape index (κ2) is 6.32. The topological polar surface area (TPSA) is 111 Å². The van der Waals surface area contributed by atoms with Gasteiger partial charge in [-0.15, -0.1) is 11.8 Å². The summed E-state index contributed by atoms with van der Waals surface area (Å²) in [5, 5.41) is 15.6. The van der Waals surface area contributed by atoms with Gasteiger partial charge in [0.1, 0.15) is 10.9 Å². The van der Waals surface area contributed by atoms with E-state index in [-0.39, 0.29) is 29.3 Å². The van der Waals surface area contributed by atoms with Crippen LogP contribution in [0.3, 0.4) is 0 Å². The number of hydrogen-bond acceptors (Lipinski definition) is 7. The molecule has 0 radical (unpaired) electrons. The van der Waals surface area contributed by atoms with E-state index in [1.165, 1.54) is 0 Å². The van der Waals surface area contributed by atoms with Gasteiger partial charge < -0.3 is 26.0 Å². The molecule has 3 fully saturated rings. The first-order valence-electron chi connectivity index (χ1n) is 7.61. The molecule has 3 aliphatic rings. The third-order valence-electron chi connectivity index (χ3n) is 4.41. The fourth-order valence-electron chi connectivity index (χ4n) is 3.10. The fourth-order valence-corrected chi connectivity index (χ4v) is 4.54. The Morgan fingerprint density at radius 2 is 2.00 bits per heavy atom. The van der Waals surface area contributed by atoms with Crippen LogP contribution in [0.4, 0.5) is 0 Å². The van der Waals surface area contributed by atoms with Gasteiger partial charge in [0.05, 0.1) is 25.7 Å². The molecule has 0 aromatic carbocycles. The fraction of sp³-hybridized carbons (Fsp3) is 0.846. The van der Waals surface area contributed by atoms with E-state index < -0.39 is 6.04 Å². The third kappa shape index (κ3) is 2.95. The van der Waals surface area contributed by atoms with Gasteiger partial charge in [0, 0.05) is 31.9 Å². The molecule has 3 heterocycles. The van der Waals surface area contributed by atoms with Crippen molar-refractivity contribution >= 4 is 23.6 Å². The maximum atomic E-state index is 12.5. The highest BCUT2D eigenvalue weighted by atomic mass is 32.2. The molecule has 0 aliphatic carbocycles. The molecular formula is C13H23N5O3S. The third-order valence-corrected chi connectivity index (χ3v) is 5.84. The molecular weight excluding hydrogens is 306 g/mol. The Hall–Kier alpha value is -0.870. The van der Waals surface area contributed by atoms with Crippen LogP contribution in [0.5, 0.6) is 0 Å². The van der Waals surface area contributed by atoms with E-state index in [0.29, 0.717) is 13.1 Å². The molecule has 5 N–H and O–H groups in total. The summed E-state index contributed by atoms with van der Waals surface area (Å²) in [4.78, 5) is 27.7. The summed E-state index contributed by atoms with van der Waals surface area (Å²) in [6.45, 7) is 3.93. The number of nitrogens with one attached hydrogen (secondary N) is 2. The number of likely N-dealkylation sites (tertiary alicyclic amines) is 1. The van der Waals surface area contributed by atoms with Gasteiger partial charge in [-0.3, -0.25) is 14.9 Å². The molecule has 1 spiro atoms. The van der Waals surface area contributed by atoms with Crippen molar-refractivity contribution in [1.82, 2.24) is 20.4 Å². The van der Waals surface area contributed by atoms with Gasteiger partial charge in [-0.1, -0.05) is 0 Å². The molecule has 9 heteroatoms. The maximum absolute atomic E-state index is 12.5. The van der Waals surface area contributed by atoms with Crippen LogP contribution in [-0.4, -0.2) is 95.3 Å². The summed E-state index contributed by atoms with van der Waals surface area (Å²) in [5.41, 5.74) is 5.55. The molecule has 2 atom stereocenters. The first-order valence-corrected chi connectivity index (χ1v) is 8.60. The molecule has 0 bridgehead atoms. The maximum Gasteiger partial charge on any atom is 0.242 e. The molecule has 3 rings (SSSR count). The lowest BCUT2D eigenvalue weighted by atomic mass is 10.1. The van der Waals surface area contributed by atoms with Gasteiger partial charge in [0.15, 0.2) is 0 Å². The Balaban J connectivity index is 1.51. The highest BCUT2D eigenvalue weighted by Gasteiger charge is 2.52. The summed E-state index contributed by atoms with van der Waals surface area (Å²) in [6.07, 6.45) is 0. The predicted molar refractivity (Wildman–Crippen MR) is 83.2 cm³/mol. The highest BCUT2D eigenvalue weighted by molar-refractivity contribution is 8.01. The van der Waals surface area contributed by atoms with Gasteiger partial charge in [0.2, 0.25) is 11.8 Å². The minimum atomic E-state index is -0.845. The number of thioether (sulfide) groups is 1. The Bertz CT molecular complexity index is 451. The molecule has 8 nitrogen and oxygen atoms in total. The van der Waals surface area contributed by atoms with Crippen molar-refractivity contribution in [3.8, 4) is 0 Å². The first kappa shape index (κ1) is 16.0. The summed E-state index contributed by atoms with van der Waals surface area (Å²) in [5.74, 6) is 0.659. The van der Waals surface area contributed by atoms with E-state index in [9.17, 15) is 9.59 Å². The zero-order chi connectivity index (χ0) is 15.7. The van der Waals surface area contributed by atoms with Crippen LogP contribution in [-0.2, 0) is 9.59 Å². The van der Waals surface area contributed by atoms with Crippen molar-refractivity contribution in [2.24, 2.45) is 5.73 Å². The van der Waals surface area contributed by atoms with Gasteiger partial charge in [0.25, 0.3) is 0 Å². The van der Waals surface area contributed by atoms with Gasteiger partial charge in [-0.25, -0.2) is 0 Å². The highest BCUT2D eigenvalue weighted by Crippen LogP contribution is 2.38. The van der Waals surface area contributed by atoms with Crippen LogP contribution < -0.4 is 16.4 Å². The Labute approximate surface area is 133 Å². The Morgan fingerprint density at radius 1 is 1.32 bits per heavy atom. The summed E-state index contributed by atoms with van der Waals surface area (Å²) in [7, 11) is 0. The van der Waals surface area contributed by atoms with Crippen LogP contribution in [0.1, 0.15) is 0 Å². The van der Waals surface area contributed by atoms with E-state index in [1.807, 2.05) is 4.90 Å². The van der Waals surface area contributed by atoms with Crippen molar-refractivity contribution in [2.45, 2.75) is 17.0 Å². The molecule has 0 aromatic heterocycles. The summed E-state index contributed by atoms with van der Waals surface area (Å²) < 4.78 is 0. The zero-order valence-corrected chi connectivity index (χ0v) is 13.3. The lowest BCUT2D eigenvalue weighted by molar-refractivity contribution is -0.139. The number of nitrogens with zero attached hydrogens (tertiary/aromatic N) is 2. The number of aliphatic hydroxyl groups is 1. The zero-order valence-electron chi connectivity index (χ0n) is 12.5. The van der Waals surface area contributed by atoms with E-state index >= 15 is 0 Å². The molecule has 0 aromatic rings. The van der Waals surface area contributed by atoms with Gasteiger partial charge >= 0.3 is 0 Å². The van der Waals surface area contributed by atoms with Crippen LogP contribution >= 0.6 is 11.8 Å². The standard InChI is InChI=1S/C13H23N5O3S/c14-9(5-19)11(20)18-7-13(8-18)16-10(6-22-13)12(21)17-3-1-15-2-4-17/h9-10,15-16,19H,1-8,14H2/t9-,10-/m0/s1. The normalized spacial score (nSPS) is 28.5. The van der Waals surface area contributed by atoms with Crippen molar-refractivity contribution in [2.75, 3.05) is 51.6 Å². The van der Waals surface area contributed by atoms with E-state index in [0.717, 1.165) is 31.9 Å². The minimum absolute atomic E-state index is 0.155. The summed E-state index contributed by atoms with van der Waals surface area (Å²) >= 11 is 1.70. The number of carbonyl (C=O) groups excluding carboxylic acids is 2. The van der Waals surface area contributed by atoms with E-state index in [4.69, 9.17) is 10.8 Å². The quantitative estimate of drug-likeness (QED) is 0.436. The van der Waals surface area contributed by atoms with Crippen molar-refractivity contribution in [3.05, 3.63) is 0 Å². The first-order chi connectivity index (χ1) is 10.5. The van der Waals surface area contributed by atoms with Crippen LogP contribution in [0.15, 0.2) is 0 Å². The smallest absolute Gasteiger partial charge is 0.242 e. The average molecular weight is 329 g/mol. The number of nitrogens with two attached hydrogens (primary N) is 1. The summed E-state index contributed by atoms with van der Waals surface area (Å²) in [6, 6.07) is -1.02. The van der Waals surface area contributed by atoms with Gasteiger partial charge in [-0.05, 0) is 0 Å². The number of aliphatic hydroxyl groups excluding tert-OH is 1. The lowest BCUT2D eigenvalue weighted by Gasteiger charge is -2.48. The second-order valence-corrected chi connectivity index (χ2v) is 7.46. The average Bonchev–Trinajstić information content (AvgIpc) is 2.97. The van der Waals surface area contributed by atoms with Crippen LogP contribution in [0, 0.1) is 0 Å².